The van der Waals surface area contributed by atoms with E-state index in [1.165, 1.54) is 11.1 Å². The lowest BCUT2D eigenvalue weighted by molar-refractivity contribution is -0.111. The van der Waals surface area contributed by atoms with Crippen LogP contribution in [0.15, 0.2) is 60.7 Å². The van der Waals surface area contributed by atoms with E-state index in [0.717, 1.165) is 32.0 Å². The van der Waals surface area contributed by atoms with Crippen molar-refractivity contribution in [3.8, 4) is 0 Å². The Hall–Kier alpha value is -1.89. The zero-order chi connectivity index (χ0) is 14.9. The summed E-state index contributed by atoms with van der Waals surface area (Å²) in [7, 11) is 0. The maximum absolute atomic E-state index is 11.6. The quantitative estimate of drug-likeness (QED) is 0.621. The Morgan fingerprint density at radius 2 is 1.57 bits per heavy atom. The summed E-state index contributed by atoms with van der Waals surface area (Å²) >= 11 is 0. The molecule has 0 unspecified atom stereocenters. The third-order valence-corrected chi connectivity index (χ3v) is 4.11. The molecule has 0 aliphatic heterocycles. The summed E-state index contributed by atoms with van der Waals surface area (Å²) in [6.07, 6.45) is 5.32. The molecule has 0 saturated carbocycles. The standard InChI is InChI=1S/C20H24O/c1-2-3-12-19(16-21)20(18-13-8-5-9-14-18)15-17-10-6-4-7-11-17/h4-11,13-14,16,19-20H,2-3,12,15H2,1H3/t19-,20-/m0/s1. The van der Waals surface area contributed by atoms with Crippen molar-refractivity contribution in [3.05, 3.63) is 71.8 Å². The molecular weight excluding hydrogens is 256 g/mol. The molecule has 0 fully saturated rings. The first-order valence-corrected chi connectivity index (χ1v) is 7.89. The zero-order valence-electron chi connectivity index (χ0n) is 12.7. The fourth-order valence-corrected chi connectivity index (χ4v) is 2.89. The number of aldehydes is 1. The number of unbranched alkanes of at least 4 members (excludes halogenated alkanes) is 1. The minimum atomic E-state index is 0.104. The summed E-state index contributed by atoms with van der Waals surface area (Å²) in [6, 6.07) is 20.9. The third kappa shape index (κ3) is 4.56. The summed E-state index contributed by atoms with van der Waals surface area (Å²) in [4.78, 5) is 11.6. The van der Waals surface area contributed by atoms with Crippen molar-refractivity contribution in [1.29, 1.82) is 0 Å². The monoisotopic (exact) mass is 280 g/mol. The lowest BCUT2D eigenvalue weighted by atomic mass is 9.80. The molecular formula is C20H24O. The number of rotatable bonds is 8. The molecule has 0 aliphatic rings. The van der Waals surface area contributed by atoms with E-state index in [1.807, 2.05) is 12.1 Å². The van der Waals surface area contributed by atoms with E-state index in [2.05, 4.69) is 55.5 Å². The van der Waals surface area contributed by atoms with E-state index in [1.54, 1.807) is 0 Å². The van der Waals surface area contributed by atoms with Crippen molar-refractivity contribution in [3.63, 3.8) is 0 Å². The fourth-order valence-electron chi connectivity index (χ4n) is 2.89. The first-order chi connectivity index (χ1) is 10.3. The molecule has 0 amide bonds. The molecule has 0 radical (unpaired) electrons. The largest absolute Gasteiger partial charge is 0.303 e. The number of carbonyl (C=O) groups excluding carboxylic acids is 1. The van der Waals surface area contributed by atoms with Crippen LogP contribution in [0.3, 0.4) is 0 Å². The topological polar surface area (TPSA) is 17.1 Å². The highest BCUT2D eigenvalue weighted by molar-refractivity contribution is 5.56. The molecule has 2 aromatic rings. The molecule has 0 aromatic heterocycles. The lowest BCUT2D eigenvalue weighted by Gasteiger charge is -2.23. The van der Waals surface area contributed by atoms with Crippen LogP contribution in [-0.4, -0.2) is 6.29 Å². The van der Waals surface area contributed by atoms with Crippen LogP contribution in [-0.2, 0) is 11.2 Å². The molecule has 2 aromatic carbocycles. The lowest BCUT2D eigenvalue weighted by Crippen LogP contribution is -2.17. The van der Waals surface area contributed by atoms with E-state index < -0.39 is 0 Å². The molecule has 110 valence electrons. The first-order valence-electron chi connectivity index (χ1n) is 7.89. The van der Waals surface area contributed by atoms with Crippen molar-refractivity contribution in [2.45, 2.75) is 38.5 Å². The van der Waals surface area contributed by atoms with Gasteiger partial charge in [0.2, 0.25) is 0 Å². The van der Waals surface area contributed by atoms with Crippen molar-refractivity contribution in [2.24, 2.45) is 5.92 Å². The van der Waals surface area contributed by atoms with Gasteiger partial charge in [-0.3, -0.25) is 0 Å². The van der Waals surface area contributed by atoms with Gasteiger partial charge in [0.25, 0.3) is 0 Å². The van der Waals surface area contributed by atoms with Gasteiger partial charge in [0, 0.05) is 5.92 Å². The summed E-state index contributed by atoms with van der Waals surface area (Å²) in [5.74, 6) is 0.380. The van der Waals surface area contributed by atoms with Crippen molar-refractivity contribution >= 4 is 6.29 Å². The van der Waals surface area contributed by atoms with E-state index in [-0.39, 0.29) is 11.8 Å². The van der Waals surface area contributed by atoms with Gasteiger partial charge in [-0.2, -0.15) is 0 Å². The van der Waals surface area contributed by atoms with Crippen LogP contribution in [0.25, 0.3) is 0 Å². The Morgan fingerprint density at radius 3 is 2.14 bits per heavy atom. The van der Waals surface area contributed by atoms with Gasteiger partial charge in [-0.05, 0) is 29.9 Å². The minimum Gasteiger partial charge on any atom is -0.303 e. The van der Waals surface area contributed by atoms with Crippen LogP contribution >= 0.6 is 0 Å². The van der Waals surface area contributed by atoms with Crippen LogP contribution < -0.4 is 0 Å². The highest BCUT2D eigenvalue weighted by atomic mass is 16.1. The SMILES string of the molecule is CCCC[C@@H](C=O)[C@@H](Cc1ccccc1)c1ccccc1. The Labute approximate surface area is 128 Å². The maximum atomic E-state index is 11.6. The van der Waals surface area contributed by atoms with E-state index >= 15 is 0 Å². The van der Waals surface area contributed by atoms with Gasteiger partial charge in [0.05, 0.1) is 0 Å². The average molecular weight is 280 g/mol. The smallest absolute Gasteiger partial charge is 0.123 e. The predicted octanol–water partition coefficient (Wildman–Crippen LogP) is 5.02. The van der Waals surface area contributed by atoms with Crippen LogP contribution in [0.5, 0.6) is 0 Å². The molecule has 1 heteroatoms. The predicted molar refractivity (Wildman–Crippen MR) is 88.4 cm³/mol. The number of hydrogen-bond donors (Lipinski definition) is 0. The van der Waals surface area contributed by atoms with Gasteiger partial charge >= 0.3 is 0 Å². The van der Waals surface area contributed by atoms with E-state index in [0.29, 0.717) is 0 Å². The Kier molecular flexibility index (Phi) is 6.21. The minimum absolute atomic E-state index is 0.104. The van der Waals surface area contributed by atoms with Gasteiger partial charge < -0.3 is 4.79 Å². The fraction of sp³-hybridized carbons (Fsp3) is 0.350. The highest BCUT2D eigenvalue weighted by Crippen LogP contribution is 2.30. The molecule has 2 rings (SSSR count). The molecule has 1 nitrogen and oxygen atoms in total. The molecule has 0 heterocycles. The van der Waals surface area contributed by atoms with Crippen molar-refractivity contribution in [1.82, 2.24) is 0 Å². The van der Waals surface area contributed by atoms with Gasteiger partial charge in [-0.15, -0.1) is 0 Å². The van der Waals surface area contributed by atoms with Gasteiger partial charge in [0.15, 0.2) is 0 Å². The number of carbonyl (C=O) groups is 1. The van der Waals surface area contributed by atoms with Gasteiger partial charge in [-0.1, -0.05) is 80.4 Å². The van der Waals surface area contributed by atoms with Crippen molar-refractivity contribution < 1.29 is 4.79 Å². The Balaban J connectivity index is 2.23. The molecule has 0 saturated heterocycles. The van der Waals surface area contributed by atoms with Crippen LogP contribution in [0.2, 0.25) is 0 Å². The van der Waals surface area contributed by atoms with Gasteiger partial charge in [-0.25, -0.2) is 0 Å². The third-order valence-electron chi connectivity index (χ3n) is 4.11. The summed E-state index contributed by atoms with van der Waals surface area (Å²) in [5, 5.41) is 0. The second-order valence-electron chi connectivity index (χ2n) is 5.65. The van der Waals surface area contributed by atoms with Crippen LogP contribution in [0.1, 0.15) is 43.2 Å². The Bertz CT molecular complexity index is 518. The van der Waals surface area contributed by atoms with Crippen LogP contribution in [0.4, 0.5) is 0 Å². The number of benzene rings is 2. The van der Waals surface area contributed by atoms with E-state index in [4.69, 9.17) is 0 Å². The molecule has 0 spiro atoms. The van der Waals surface area contributed by atoms with Gasteiger partial charge in [0.1, 0.15) is 6.29 Å². The van der Waals surface area contributed by atoms with E-state index in [9.17, 15) is 4.79 Å². The average Bonchev–Trinajstić information content (AvgIpc) is 2.56. The highest BCUT2D eigenvalue weighted by Gasteiger charge is 2.22. The molecule has 21 heavy (non-hydrogen) atoms. The first kappa shape index (κ1) is 15.5. The summed E-state index contributed by atoms with van der Waals surface area (Å²) in [6.45, 7) is 2.18. The van der Waals surface area contributed by atoms with Crippen molar-refractivity contribution in [2.75, 3.05) is 0 Å². The summed E-state index contributed by atoms with van der Waals surface area (Å²) < 4.78 is 0. The molecule has 0 bridgehead atoms. The molecule has 0 N–H and O–H groups in total. The second kappa shape index (κ2) is 8.41. The summed E-state index contributed by atoms with van der Waals surface area (Å²) in [5.41, 5.74) is 2.57. The molecule has 2 atom stereocenters. The molecule has 0 aliphatic carbocycles. The normalized spacial score (nSPS) is 13.6. The Morgan fingerprint density at radius 1 is 0.952 bits per heavy atom. The maximum Gasteiger partial charge on any atom is 0.123 e. The second-order valence-corrected chi connectivity index (χ2v) is 5.65. The van der Waals surface area contributed by atoms with Crippen LogP contribution in [0, 0.1) is 5.92 Å². The zero-order valence-corrected chi connectivity index (χ0v) is 12.7. The number of hydrogen-bond acceptors (Lipinski definition) is 1.